The summed E-state index contributed by atoms with van der Waals surface area (Å²) in [4.78, 5) is 10.7. The molecular formula is C11H13NO4S. The summed E-state index contributed by atoms with van der Waals surface area (Å²) in [6.07, 6.45) is 1.19. The molecule has 1 rings (SSSR count). The van der Waals surface area contributed by atoms with Gasteiger partial charge in [0.05, 0.1) is 4.90 Å². The van der Waals surface area contributed by atoms with E-state index in [0.29, 0.717) is 0 Å². The second-order valence-corrected chi connectivity index (χ2v) is 5.11. The number of hydrogen-bond acceptors (Lipinski definition) is 3. The van der Waals surface area contributed by atoms with Gasteiger partial charge in [-0.2, -0.15) is 0 Å². The molecule has 0 radical (unpaired) electrons. The van der Waals surface area contributed by atoms with Crippen LogP contribution < -0.4 is 4.72 Å². The van der Waals surface area contributed by atoms with E-state index in [2.05, 4.69) is 0 Å². The first-order chi connectivity index (χ1) is 7.86. The van der Waals surface area contributed by atoms with E-state index < -0.39 is 16.0 Å². The lowest BCUT2D eigenvalue weighted by atomic mass is 10.2. The molecule has 0 aliphatic rings. The average Bonchev–Trinajstić information content (AvgIpc) is 2.26. The van der Waals surface area contributed by atoms with Crippen LogP contribution in [0.25, 0.3) is 0 Å². The topological polar surface area (TPSA) is 83.5 Å². The molecule has 5 nitrogen and oxygen atoms in total. The van der Waals surface area contributed by atoms with Crippen molar-refractivity contribution < 1.29 is 18.3 Å². The second kappa shape index (κ2) is 5.01. The molecule has 0 spiro atoms. The Kier molecular flexibility index (Phi) is 3.90. The summed E-state index contributed by atoms with van der Waals surface area (Å²) in [5.41, 5.74) is 0.555. The van der Waals surface area contributed by atoms with Crippen molar-refractivity contribution in [3.05, 3.63) is 41.6 Å². The van der Waals surface area contributed by atoms with Crippen molar-refractivity contribution in [3.63, 3.8) is 0 Å². The van der Waals surface area contributed by atoms with Crippen LogP contribution in [0.5, 0.6) is 0 Å². The molecule has 0 amide bonds. The Morgan fingerprint density at radius 2 is 1.82 bits per heavy atom. The van der Waals surface area contributed by atoms with Crippen LogP contribution in [-0.4, -0.2) is 19.5 Å². The number of carboxylic acid groups (broad SMARTS) is 1. The number of nitrogens with one attached hydrogen (secondary N) is 1. The Bertz CT molecular complexity index is 543. The predicted molar refractivity (Wildman–Crippen MR) is 62.9 cm³/mol. The lowest BCUT2D eigenvalue weighted by Gasteiger charge is -2.08. The number of rotatable bonds is 4. The molecule has 1 aromatic carbocycles. The van der Waals surface area contributed by atoms with Gasteiger partial charge in [0, 0.05) is 0 Å². The lowest BCUT2D eigenvalue weighted by molar-refractivity contribution is -0.132. The molecule has 0 saturated carbocycles. The smallest absolute Gasteiger partial charge is 0.352 e. The molecule has 0 saturated heterocycles. The summed E-state index contributed by atoms with van der Waals surface area (Å²) < 4.78 is 25.6. The van der Waals surface area contributed by atoms with Gasteiger partial charge in [-0.1, -0.05) is 23.8 Å². The molecule has 0 unspecified atom stereocenters. The molecule has 0 bridgehead atoms. The van der Waals surface area contributed by atoms with Crippen molar-refractivity contribution in [2.75, 3.05) is 0 Å². The summed E-state index contributed by atoms with van der Waals surface area (Å²) in [7, 11) is -3.83. The molecule has 0 aliphatic heterocycles. The third-order valence-electron chi connectivity index (χ3n) is 2.09. The highest BCUT2D eigenvalue weighted by Gasteiger charge is 2.18. The number of aryl methyl sites for hydroxylation is 1. The maximum Gasteiger partial charge on any atom is 0.352 e. The van der Waals surface area contributed by atoms with Gasteiger partial charge in [-0.25, -0.2) is 13.2 Å². The van der Waals surface area contributed by atoms with Crippen LogP contribution in [0.1, 0.15) is 12.5 Å². The molecule has 6 heteroatoms. The minimum atomic E-state index is -3.83. The minimum Gasteiger partial charge on any atom is -0.477 e. The lowest BCUT2D eigenvalue weighted by Crippen LogP contribution is -2.27. The van der Waals surface area contributed by atoms with E-state index in [-0.39, 0.29) is 10.6 Å². The van der Waals surface area contributed by atoms with Crippen molar-refractivity contribution in [2.24, 2.45) is 0 Å². The highest BCUT2D eigenvalue weighted by atomic mass is 32.2. The van der Waals surface area contributed by atoms with Crippen molar-refractivity contribution >= 4 is 16.0 Å². The van der Waals surface area contributed by atoms with Gasteiger partial charge in [0.2, 0.25) is 0 Å². The zero-order chi connectivity index (χ0) is 13.1. The van der Waals surface area contributed by atoms with Crippen LogP contribution in [0.3, 0.4) is 0 Å². The van der Waals surface area contributed by atoms with Gasteiger partial charge in [0.25, 0.3) is 10.0 Å². The van der Waals surface area contributed by atoms with Gasteiger partial charge in [0.1, 0.15) is 5.70 Å². The summed E-state index contributed by atoms with van der Waals surface area (Å²) >= 11 is 0. The normalized spacial score (nSPS) is 12.2. The first-order valence-corrected chi connectivity index (χ1v) is 6.34. The van der Waals surface area contributed by atoms with Crippen LogP contribution in [0.4, 0.5) is 0 Å². The van der Waals surface area contributed by atoms with Gasteiger partial charge in [-0.15, -0.1) is 0 Å². The molecule has 0 fully saturated rings. The molecular weight excluding hydrogens is 242 g/mol. The number of benzene rings is 1. The van der Waals surface area contributed by atoms with Crippen molar-refractivity contribution in [3.8, 4) is 0 Å². The van der Waals surface area contributed by atoms with Gasteiger partial charge >= 0.3 is 5.97 Å². The van der Waals surface area contributed by atoms with E-state index in [0.717, 1.165) is 5.56 Å². The fourth-order valence-corrected chi connectivity index (χ4v) is 2.25. The van der Waals surface area contributed by atoms with Crippen molar-refractivity contribution in [2.45, 2.75) is 18.7 Å². The monoisotopic (exact) mass is 255 g/mol. The van der Waals surface area contributed by atoms with E-state index in [1.54, 1.807) is 12.1 Å². The molecule has 1 aromatic rings. The summed E-state index contributed by atoms with van der Waals surface area (Å²) in [5, 5.41) is 8.73. The Morgan fingerprint density at radius 1 is 1.29 bits per heavy atom. The maximum absolute atomic E-state index is 11.8. The molecule has 0 aromatic heterocycles. The Labute approximate surface area is 99.8 Å². The van der Waals surface area contributed by atoms with Crippen LogP contribution in [-0.2, 0) is 14.8 Å². The third kappa shape index (κ3) is 3.32. The van der Waals surface area contributed by atoms with Gasteiger partial charge in [-0.05, 0) is 26.0 Å². The van der Waals surface area contributed by atoms with Crippen molar-refractivity contribution in [1.29, 1.82) is 0 Å². The summed E-state index contributed by atoms with van der Waals surface area (Å²) in [5.74, 6) is -1.32. The number of carbonyl (C=O) groups is 1. The fourth-order valence-electron chi connectivity index (χ4n) is 1.15. The van der Waals surface area contributed by atoms with E-state index in [1.165, 1.54) is 25.1 Å². The molecule has 0 aliphatic carbocycles. The van der Waals surface area contributed by atoms with E-state index in [9.17, 15) is 13.2 Å². The summed E-state index contributed by atoms with van der Waals surface area (Å²) in [6, 6.07) is 6.13. The van der Waals surface area contributed by atoms with Crippen LogP contribution in [0.15, 0.2) is 40.9 Å². The number of hydrogen-bond donors (Lipinski definition) is 2. The highest BCUT2D eigenvalue weighted by Crippen LogP contribution is 2.11. The fraction of sp³-hybridized carbons (Fsp3) is 0.182. The zero-order valence-corrected chi connectivity index (χ0v) is 10.3. The Balaban J connectivity index is 3.05. The highest BCUT2D eigenvalue weighted by molar-refractivity contribution is 7.89. The first kappa shape index (κ1) is 13.2. The minimum absolute atomic E-state index is 0.0312. The number of carboxylic acids is 1. The SMILES string of the molecule is C/C=C(/NS(=O)(=O)c1ccc(C)cc1)C(=O)O. The Morgan fingerprint density at radius 3 is 2.24 bits per heavy atom. The van der Waals surface area contributed by atoms with Crippen LogP contribution in [0, 0.1) is 6.92 Å². The quantitative estimate of drug-likeness (QED) is 0.793. The zero-order valence-electron chi connectivity index (χ0n) is 9.47. The molecule has 0 atom stereocenters. The average molecular weight is 255 g/mol. The van der Waals surface area contributed by atoms with E-state index in [4.69, 9.17) is 5.11 Å². The molecule has 2 N–H and O–H groups in total. The molecule has 17 heavy (non-hydrogen) atoms. The predicted octanol–water partition coefficient (Wildman–Crippen LogP) is 1.26. The van der Waals surface area contributed by atoms with Gasteiger partial charge < -0.3 is 5.11 Å². The molecule has 0 heterocycles. The summed E-state index contributed by atoms with van der Waals surface area (Å²) in [6.45, 7) is 3.28. The number of sulfonamides is 1. The van der Waals surface area contributed by atoms with E-state index >= 15 is 0 Å². The van der Waals surface area contributed by atoms with E-state index in [1.807, 2.05) is 11.6 Å². The van der Waals surface area contributed by atoms with Gasteiger partial charge in [0.15, 0.2) is 0 Å². The van der Waals surface area contributed by atoms with Crippen LogP contribution >= 0.6 is 0 Å². The maximum atomic E-state index is 11.8. The Hall–Kier alpha value is -1.82. The second-order valence-electron chi connectivity index (χ2n) is 3.43. The largest absolute Gasteiger partial charge is 0.477 e. The van der Waals surface area contributed by atoms with Gasteiger partial charge in [-0.3, -0.25) is 4.72 Å². The van der Waals surface area contributed by atoms with Crippen LogP contribution in [0.2, 0.25) is 0 Å². The number of allylic oxidation sites excluding steroid dienone is 1. The number of aliphatic carboxylic acids is 1. The molecule has 92 valence electrons. The van der Waals surface area contributed by atoms with Crippen molar-refractivity contribution in [1.82, 2.24) is 4.72 Å². The standard InChI is InChI=1S/C11H13NO4S/c1-3-10(11(13)14)12-17(15,16)9-6-4-8(2)5-7-9/h3-7,12H,1-2H3,(H,13,14)/b10-3+. The first-order valence-electron chi connectivity index (χ1n) is 4.86. The third-order valence-corrected chi connectivity index (χ3v) is 3.48.